The number of amides is 1. The highest BCUT2D eigenvalue weighted by Crippen LogP contribution is 2.36. The van der Waals surface area contributed by atoms with E-state index in [0.717, 1.165) is 25.2 Å². The Bertz CT molecular complexity index is 650. The van der Waals surface area contributed by atoms with Crippen LogP contribution in [0, 0.1) is 0 Å². The zero-order valence-corrected chi connectivity index (χ0v) is 12.8. The number of hydrogen-bond acceptors (Lipinski definition) is 4. The van der Waals surface area contributed by atoms with Crippen LogP contribution in [-0.4, -0.2) is 39.2 Å². The SMILES string of the molecule is Cn1cc(N2C(=O)C[C@@H]3[C@@H]2CCN3Cc2ccsc2)cn1. The van der Waals surface area contributed by atoms with E-state index in [1.807, 2.05) is 18.1 Å². The van der Waals surface area contributed by atoms with E-state index in [9.17, 15) is 4.79 Å². The van der Waals surface area contributed by atoms with Crippen molar-refractivity contribution in [1.82, 2.24) is 14.7 Å². The predicted molar refractivity (Wildman–Crippen MR) is 82.2 cm³/mol. The largest absolute Gasteiger partial charge is 0.305 e. The Labute approximate surface area is 127 Å². The maximum atomic E-state index is 12.4. The third kappa shape index (κ3) is 2.18. The van der Waals surface area contributed by atoms with Gasteiger partial charge < -0.3 is 4.90 Å². The predicted octanol–water partition coefficient (Wildman–Crippen LogP) is 1.86. The zero-order valence-electron chi connectivity index (χ0n) is 12.0. The van der Waals surface area contributed by atoms with Gasteiger partial charge in [-0.2, -0.15) is 16.4 Å². The second-order valence-corrected chi connectivity index (χ2v) is 6.65. The van der Waals surface area contributed by atoms with Gasteiger partial charge in [-0.3, -0.25) is 14.4 Å². The topological polar surface area (TPSA) is 41.4 Å². The van der Waals surface area contributed by atoms with Crippen LogP contribution < -0.4 is 4.90 Å². The summed E-state index contributed by atoms with van der Waals surface area (Å²) < 4.78 is 1.76. The molecule has 2 fully saturated rings. The van der Waals surface area contributed by atoms with Gasteiger partial charge in [-0.05, 0) is 28.8 Å². The van der Waals surface area contributed by atoms with E-state index in [1.165, 1.54) is 5.56 Å². The number of carbonyl (C=O) groups is 1. The van der Waals surface area contributed by atoms with Crippen molar-refractivity contribution >= 4 is 22.9 Å². The van der Waals surface area contributed by atoms with Gasteiger partial charge in [0.05, 0.1) is 17.9 Å². The van der Waals surface area contributed by atoms with Gasteiger partial charge in [0.1, 0.15) is 0 Å². The monoisotopic (exact) mass is 302 g/mol. The van der Waals surface area contributed by atoms with Crippen molar-refractivity contribution in [3.63, 3.8) is 0 Å². The van der Waals surface area contributed by atoms with Crippen molar-refractivity contribution in [2.45, 2.75) is 31.5 Å². The number of thiophene rings is 1. The minimum Gasteiger partial charge on any atom is -0.305 e. The summed E-state index contributed by atoms with van der Waals surface area (Å²) in [5.74, 6) is 0.230. The molecule has 110 valence electrons. The molecule has 2 saturated heterocycles. The Balaban J connectivity index is 1.55. The van der Waals surface area contributed by atoms with Crippen LogP contribution in [0.15, 0.2) is 29.2 Å². The second kappa shape index (κ2) is 4.96. The summed E-state index contributed by atoms with van der Waals surface area (Å²) in [6.07, 6.45) is 5.41. The van der Waals surface area contributed by atoms with E-state index in [0.29, 0.717) is 18.5 Å². The van der Waals surface area contributed by atoms with Crippen molar-refractivity contribution in [3.05, 3.63) is 34.8 Å². The summed E-state index contributed by atoms with van der Waals surface area (Å²) in [4.78, 5) is 16.8. The number of aromatic nitrogens is 2. The summed E-state index contributed by atoms with van der Waals surface area (Å²) >= 11 is 1.73. The fourth-order valence-electron chi connectivity index (χ4n) is 3.61. The average Bonchev–Trinajstić information content (AvgIpc) is 3.18. The first-order valence-corrected chi connectivity index (χ1v) is 8.22. The summed E-state index contributed by atoms with van der Waals surface area (Å²) in [5, 5.41) is 8.51. The molecule has 0 unspecified atom stereocenters. The molecule has 2 aliphatic heterocycles. The maximum Gasteiger partial charge on any atom is 0.229 e. The Morgan fingerprint density at radius 1 is 1.43 bits per heavy atom. The molecule has 1 amide bonds. The van der Waals surface area contributed by atoms with E-state index in [1.54, 1.807) is 22.2 Å². The number of rotatable bonds is 3. The highest BCUT2D eigenvalue weighted by molar-refractivity contribution is 7.07. The van der Waals surface area contributed by atoms with Crippen molar-refractivity contribution in [1.29, 1.82) is 0 Å². The van der Waals surface area contributed by atoms with E-state index in [-0.39, 0.29) is 5.91 Å². The second-order valence-electron chi connectivity index (χ2n) is 5.87. The van der Waals surface area contributed by atoms with Crippen molar-refractivity contribution in [2.24, 2.45) is 7.05 Å². The standard InChI is InChI=1S/C15H18N4OS/c1-17-9-12(7-16-17)19-13-2-4-18(14(13)6-15(19)20)8-11-3-5-21-10-11/h3,5,7,9-10,13-14H,2,4,6,8H2,1H3/t13-,14+/m0/s1. The molecule has 2 aromatic rings. The minimum absolute atomic E-state index is 0.230. The lowest BCUT2D eigenvalue weighted by Gasteiger charge is -2.24. The molecule has 21 heavy (non-hydrogen) atoms. The summed E-state index contributed by atoms with van der Waals surface area (Å²) in [7, 11) is 1.89. The van der Waals surface area contributed by atoms with E-state index >= 15 is 0 Å². The van der Waals surface area contributed by atoms with Gasteiger partial charge >= 0.3 is 0 Å². The van der Waals surface area contributed by atoms with Gasteiger partial charge in [0.2, 0.25) is 5.91 Å². The van der Waals surface area contributed by atoms with Crippen LogP contribution >= 0.6 is 11.3 Å². The van der Waals surface area contributed by atoms with Crippen LogP contribution in [0.3, 0.4) is 0 Å². The molecule has 4 rings (SSSR count). The zero-order chi connectivity index (χ0) is 14.4. The normalized spacial score (nSPS) is 25.8. The third-order valence-corrected chi connectivity index (χ3v) is 5.28. The summed E-state index contributed by atoms with van der Waals surface area (Å²) in [5.41, 5.74) is 2.29. The Morgan fingerprint density at radius 2 is 2.33 bits per heavy atom. The number of aryl methyl sites for hydroxylation is 1. The van der Waals surface area contributed by atoms with Gasteiger partial charge in [0, 0.05) is 38.8 Å². The van der Waals surface area contributed by atoms with E-state index in [2.05, 4.69) is 26.8 Å². The number of fused-ring (bicyclic) bond motifs is 1. The molecule has 0 radical (unpaired) electrons. The molecule has 6 heteroatoms. The molecule has 5 nitrogen and oxygen atoms in total. The lowest BCUT2D eigenvalue weighted by Crippen LogP contribution is -2.37. The molecule has 2 aliphatic rings. The number of hydrogen-bond donors (Lipinski definition) is 0. The summed E-state index contributed by atoms with van der Waals surface area (Å²) in [6.45, 7) is 2.02. The lowest BCUT2D eigenvalue weighted by atomic mass is 10.1. The van der Waals surface area contributed by atoms with E-state index in [4.69, 9.17) is 0 Å². The van der Waals surface area contributed by atoms with Gasteiger partial charge in [0.15, 0.2) is 0 Å². The third-order valence-electron chi connectivity index (χ3n) is 4.54. The van der Waals surface area contributed by atoms with Gasteiger partial charge in [-0.15, -0.1) is 0 Å². The first-order chi connectivity index (χ1) is 10.2. The summed E-state index contributed by atoms with van der Waals surface area (Å²) in [6, 6.07) is 2.83. The molecule has 0 aliphatic carbocycles. The average molecular weight is 302 g/mol. The smallest absolute Gasteiger partial charge is 0.229 e. The molecule has 4 heterocycles. The molecule has 0 saturated carbocycles. The molecule has 0 aromatic carbocycles. The van der Waals surface area contributed by atoms with Crippen LogP contribution in [0.1, 0.15) is 18.4 Å². The quantitative estimate of drug-likeness (QED) is 0.869. The molecule has 0 N–H and O–H groups in total. The number of anilines is 1. The maximum absolute atomic E-state index is 12.4. The van der Waals surface area contributed by atoms with Gasteiger partial charge in [-0.1, -0.05) is 0 Å². The highest BCUT2D eigenvalue weighted by atomic mass is 32.1. The van der Waals surface area contributed by atoms with Gasteiger partial charge in [0.25, 0.3) is 0 Å². The molecule has 2 aromatic heterocycles. The molecule has 0 spiro atoms. The van der Waals surface area contributed by atoms with Crippen molar-refractivity contribution < 1.29 is 4.79 Å². The molecular formula is C15H18N4OS. The fraction of sp³-hybridized carbons (Fsp3) is 0.467. The van der Waals surface area contributed by atoms with Crippen LogP contribution in [0.25, 0.3) is 0 Å². The number of nitrogens with zero attached hydrogens (tertiary/aromatic N) is 4. The molecular weight excluding hydrogens is 284 g/mol. The Hall–Kier alpha value is -1.66. The molecule has 2 atom stereocenters. The molecule has 0 bridgehead atoms. The van der Waals surface area contributed by atoms with Crippen LogP contribution in [0.2, 0.25) is 0 Å². The Kier molecular flexibility index (Phi) is 3.08. The van der Waals surface area contributed by atoms with Crippen LogP contribution in [0.4, 0.5) is 5.69 Å². The minimum atomic E-state index is 0.230. The first kappa shape index (κ1) is 13.0. The Morgan fingerprint density at radius 3 is 3.05 bits per heavy atom. The number of carbonyl (C=O) groups excluding carboxylic acids is 1. The fourth-order valence-corrected chi connectivity index (χ4v) is 4.27. The number of likely N-dealkylation sites (tertiary alicyclic amines) is 1. The van der Waals surface area contributed by atoms with E-state index < -0.39 is 0 Å². The van der Waals surface area contributed by atoms with Crippen LogP contribution in [-0.2, 0) is 18.4 Å². The van der Waals surface area contributed by atoms with Crippen molar-refractivity contribution in [3.8, 4) is 0 Å². The lowest BCUT2D eigenvalue weighted by molar-refractivity contribution is -0.117. The highest BCUT2D eigenvalue weighted by Gasteiger charge is 2.47. The van der Waals surface area contributed by atoms with Crippen molar-refractivity contribution in [2.75, 3.05) is 11.4 Å². The van der Waals surface area contributed by atoms with Gasteiger partial charge in [-0.25, -0.2) is 0 Å². The first-order valence-electron chi connectivity index (χ1n) is 7.28. The van der Waals surface area contributed by atoms with Crippen LogP contribution in [0.5, 0.6) is 0 Å².